The molecule has 4 fully saturated rings. The minimum Gasteiger partial charge on any atom is -1.00 e. The van der Waals surface area contributed by atoms with Gasteiger partial charge < -0.3 is 41.5 Å². The SMILES string of the molecule is COO.O=C(N1C2CCC1CC(=C1c3ccc(-c4noc(=O)[nH]4)cc3Oc3c(O)cccc31)C2)C(F)(F)F.O=CO[O-].O=c1[nH]c(-c2ccc3c(c2)Oc2c(O)cccc2C3=C2CC3CCC(C2)N3)no1.[H-].[K+].[K+]. The number of carbonyl (C=O) groups is 2. The van der Waals surface area contributed by atoms with Gasteiger partial charge in [-0.15, -0.1) is 0 Å². The van der Waals surface area contributed by atoms with Crippen molar-refractivity contribution in [2.24, 2.45) is 0 Å². The van der Waals surface area contributed by atoms with Crippen molar-refractivity contribution >= 4 is 23.5 Å². The molecule has 6 aliphatic heterocycles. The molecule has 372 valence electrons. The molecule has 25 heteroatoms. The molecule has 2 aromatic heterocycles. The van der Waals surface area contributed by atoms with Crippen LogP contribution in [0.1, 0.15) is 75.0 Å². The van der Waals surface area contributed by atoms with E-state index >= 15 is 0 Å². The van der Waals surface area contributed by atoms with Gasteiger partial charge in [0.25, 0.3) is 6.47 Å². The fourth-order valence-electron chi connectivity index (χ4n) is 10.4. The number of benzene rings is 4. The van der Waals surface area contributed by atoms with Crippen molar-refractivity contribution in [2.75, 3.05) is 7.11 Å². The Bertz CT molecular complexity index is 3180. The van der Waals surface area contributed by atoms with Crippen LogP contribution in [0.15, 0.2) is 103 Å². The number of aromatic nitrogens is 4. The number of H-pyrrole nitrogens is 2. The average molecular weight is 1060 g/mol. The van der Waals surface area contributed by atoms with Gasteiger partial charge in [-0.2, -0.15) is 13.2 Å². The molecule has 0 spiro atoms. The van der Waals surface area contributed by atoms with Gasteiger partial charge in [0.05, 0.1) is 7.11 Å². The van der Waals surface area contributed by atoms with Gasteiger partial charge in [0.2, 0.25) is 0 Å². The number of fused-ring (bicyclic) bond motifs is 8. The summed E-state index contributed by atoms with van der Waals surface area (Å²) in [6.45, 7) is -0.181. The molecule has 8 heterocycles. The molecule has 6 aliphatic rings. The average Bonchev–Trinajstić information content (AvgIpc) is 4.14. The summed E-state index contributed by atoms with van der Waals surface area (Å²) in [4.78, 5) is 55.3. The fourth-order valence-corrected chi connectivity index (χ4v) is 10.4. The normalized spacial score (nSPS) is 19.4. The minimum absolute atomic E-state index is 0. The number of rotatable bonds is 3. The van der Waals surface area contributed by atoms with Crippen molar-refractivity contribution in [1.29, 1.82) is 0 Å². The standard InChI is InChI=1S/C24H18F3N3O5.C22H19N3O4.CH2O3.CH4O2.2K.H/c25-24(26,27)22(32)30-13-5-6-14(30)9-12(8-13)19-15-7-4-11(21-28-23(33)35-29-21)10-18(15)34-20-16(19)2-1-3-17(20)31;26-17-3-1-2-16-19(12-8-13-5-6-14(9-12)23-13)15-7-4-11(10-18(15)28-20(16)17)21-24-22(27)29-25-21;2-1-4-3;1-3-2;;;/h1-4,7,10,13-14,31H,5-6,8-9H2,(H,28,29,33);1-4,7,10,13-14,23,26H,5-6,8-9H2,(H,24,25,27);1,3H;2H,1H3;;;/q;;;;2*+1;-1/p-1. The predicted molar refractivity (Wildman–Crippen MR) is 240 cm³/mol. The van der Waals surface area contributed by atoms with Gasteiger partial charge in [-0.25, -0.2) is 14.5 Å². The van der Waals surface area contributed by atoms with E-state index in [1.807, 2.05) is 30.3 Å². The van der Waals surface area contributed by atoms with Crippen molar-refractivity contribution in [2.45, 2.75) is 81.7 Å². The zero-order valence-electron chi connectivity index (χ0n) is 40.3. The van der Waals surface area contributed by atoms with Crippen molar-refractivity contribution < 1.29 is 176 Å². The Hall–Kier alpha value is -4.72. The van der Waals surface area contributed by atoms with E-state index in [9.17, 15) is 37.8 Å². The number of hydrogen-bond acceptors (Lipinski definition) is 17. The van der Waals surface area contributed by atoms with Crippen LogP contribution in [0.3, 0.4) is 0 Å². The molecule has 4 aromatic carbocycles. The van der Waals surface area contributed by atoms with Crippen LogP contribution in [0, 0.1) is 0 Å². The van der Waals surface area contributed by atoms with Crippen LogP contribution in [0.2, 0.25) is 0 Å². The number of phenolic OH excluding ortho intramolecular Hbond substituents is 2. The third-order valence-corrected chi connectivity index (χ3v) is 13.0. The number of nitrogens with zero attached hydrogens (tertiary/aromatic N) is 3. The van der Waals surface area contributed by atoms with Gasteiger partial charge in [-0.1, -0.05) is 57.9 Å². The summed E-state index contributed by atoms with van der Waals surface area (Å²) in [5.74, 6) is -0.788. The second kappa shape index (κ2) is 23.9. The Morgan fingerprint density at radius 3 is 1.55 bits per heavy atom. The number of ether oxygens (including phenoxy) is 2. The molecule has 4 unspecified atom stereocenters. The predicted octanol–water partition coefficient (Wildman–Crippen LogP) is 0.577. The number of halogens is 3. The molecule has 6 aromatic rings. The third-order valence-electron chi connectivity index (χ3n) is 13.0. The molecular weight excluding hydrogens is 1020 g/mol. The van der Waals surface area contributed by atoms with Crippen LogP contribution in [0.5, 0.6) is 34.5 Å². The summed E-state index contributed by atoms with van der Waals surface area (Å²) in [6.07, 6.45) is 1.08. The summed E-state index contributed by atoms with van der Waals surface area (Å²) in [5, 5.41) is 47.6. The smallest absolute Gasteiger partial charge is 1.00 e. The Labute approximate surface area is 497 Å². The van der Waals surface area contributed by atoms with Gasteiger partial charge in [-0.05, 0) is 98.9 Å². The molecule has 0 saturated carbocycles. The van der Waals surface area contributed by atoms with Gasteiger partial charge in [0, 0.05) is 57.5 Å². The van der Waals surface area contributed by atoms with Crippen molar-refractivity contribution in [3.8, 4) is 57.3 Å². The zero-order chi connectivity index (χ0) is 50.1. The van der Waals surface area contributed by atoms with Gasteiger partial charge >= 0.3 is 126 Å². The Morgan fingerprint density at radius 1 is 0.740 bits per heavy atom. The number of aromatic amines is 2. The molecule has 0 radical (unpaired) electrons. The molecule has 12 rings (SSSR count). The number of hydrogen-bond donors (Lipinski definition) is 6. The zero-order valence-corrected chi connectivity index (χ0v) is 45.5. The second-order valence-corrected chi connectivity index (χ2v) is 17.2. The number of amides is 1. The summed E-state index contributed by atoms with van der Waals surface area (Å²) in [6, 6.07) is 21.3. The molecule has 20 nitrogen and oxygen atoms in total. The maximum absolute atomic E-state index is 13.2. The van der Waals surface area contributed by atoms with E-state index in [2.05, 4.69) is 44.4 Å². The van der Waals surface area contributed by atoms with Crippen LogP contribution in [0.4, 0.5) is 13.2 Å². The number of para-hydroxylation sites is 2. The summed E-state index contributed by atoms with van der Waals surface area (Å²) in [5.41, 5.74) is 8.67. The maximum atomic E-state index is 13.2. The monoisotopic (exact) mass is 1060 g/mol. The van der Waals surface area contributed by atoms with E-state index in [1.54, 1.807) is 36.4 Å². The fraction of sp³-hybridized carbons (Fsp3) is 0.292. The molecule has 4 atom stereocenters. The number of nitrogens with one attached hydrogen (secondary N) is 3. The summed E-state index contributed by atoms with van der Waals surface area (Å²) < 4.78 is 60.9. The van der Waals surface area contributed by atoms with Crippen molar-refractivity contribution in [3.05, 3.63) is 127 Å². The Kier molecular flexibility index (Phi) is 18.3. The topological polar surface area (TPSA) is 288 Å². The molecule has 4 bridgehead atoms. The quantitative estimate of drug-likeness (QED) is 0.0611. The van der Waals surface area contributed by atoms with E-state index in [4.69, 9.17) is 24.8 Å². The number of alkyl halides is 3. The van der Waals surface area contributed by atoms with E-state index in [-0.39, 0.29) is 134 Å². The molecule has 6 N–H and O–H groups in total. The number of aromatic hydroxyl groups is 2. The van der Waals surface area contributed by atoms with E-state index < -0.39 is 35.7 Å². The summed E-state index contributed by atoms with van der Waals surface area (Å²) >= 11 is 0. The first-order chi connectivity index (χ1) is 34.2. The molecule has 73 heavy (non-hydrogen) atoms. The van der Waals surface area contributed by atoms with Crippen LogP contribution < -0.4 is 134 Å². The Balaban J connectivity index is 0.000000209. The number of piperidine rings is 2. The molecule has 4 saturated heterocycles. The van der Waals surface area contributed by atoms with E-state index in [0.29, 0.717) is 83.1 Å². The first-order valence-corrected chi connectivity index (χ1v) is 22.1. The maximum Gasteiger partial charge on any atom is 1.00 e. The first-order valence-electron chi connectivity index (χ1n) is 22.1. The summed E-state index contributed by atoms with van der Waals surface area (Å²) in [7, 11) is 1.18. The van der Waals surface area contributed by atoms with E-state index in [1.165, 1.54) is 31.6 Å². The number of phenols is 2. The number of carbonyl (C=O) groups excluding carboxylic acids is 2. The Morgan fingerprint density at radius 2 is 1.16 bits per heavy atom. The molecule has 1 amide bonds. The van der Waals surface area contributed by atoms with Gasteiger partial charge in [-0.3, -0.25) is 33.9 Å². The largest absolute Gasteiger partial charge is 1.00 e. The van der Waals surface area contributed by atoms with Gasteiger partial charge in [0.1, 0.15) is 11.5 Å². The van der Waals surface area contributed by atoms with Crippen LogP contribution in [-0.2, 0) is 19.4 Å². The van der Waals surface area contributed by atoms with E-state index in [0.717, 1.165) is 45.6 Å². The van der Waals surface area contributed by atoms with Crippen LogP contribution in [-0.4, -0.2) is 90.5 Å². The third kappa shape index (κ3) is 11.7. The van der Waals surface area contributed by atoms with Gasteiger partial charge in [0.15, 0.2) is 34.6 Å². The molecular formula is C48H43F3K2N6O14. The van der Waals surface area contributed by atoms with Crippen molar-refractivity contribution in [1.82, 2.24) is 30.5 Å². The van der Waals surface area contributed by atoms with Crippen molar-refractivity contribution in [3.63, 3.8) is 0 Å². The minimum atomic E-state index is -4.91. The first kappa shape index (κ1) is 56.0. The van der Waals surface area contributed by atoms with Crippen LogP contribution in [0.25, 0.3) is 33.9 Å². The van der Waals surface area contributed by atoms with Crippen LogP contribution >= 0.6 is 0 Å². The molecule has 0 aliphatic carbocycles. The second-order valence-electron chi connectivity index (χ2n) is 17.2.